The van der Waals surface area contributed by atoms with Gasteiger partial charge < -0.3 is 19.4 Å². The summed E-state index contributed by atoms with van der Waals surface area (Å²) in [6.45, 7) is 6.35. The van der Waals surface area contributed by atoms with Gasteiger partial charge in [-0.2, -0.15) is 0 Å². The zero-order chi connectivity index (χ0) is 22.0. The fourth-order valence-electron chi connectivity index (χ4n) is 3.76. The Bertz CT molecular complexity index is 970. The normalized spacial score (nSPS) is 16.9. The highest BCUT2D eigenvalue weighted by Crippen LogP contribution is 2.46. The minimum atomic E-state index is -0.374. The minimum Gasteiger partial charge on any atom is -0.462 e. The molecule has 4 rings (SSSR count). The van der Waals surface area contributed by atoms with Crippen molar-refractivity contribution in [2.45, 2.75) is 32.6 Å². The first-order valence-electron chi connectivity index (χ1n) is 10.6. The molecule has 0 radical (unpaired) electrons. The predicted molar refractivity (Wildman–Crippen MR) is 117 cm³/mol. The van der Waals surface area contributed by atoms with Gasteiger partial charge in [-0.25, -0.2) is 4.79 Å². The Morgan fingerprint density at radius 2 is 1.94 bits per heavy atom. The number of rotatable bonds is 7. The molecule has 1 N–H and O–H groups in total. The summed E-state index contributed by atoms with van der Waals surface area (Å²) in [5.74, 6) is 0.781. The van der Waals surface area contributed by atoms with Gasteiger partial charge in [0, 0.05) is 26.2 Å². The summed E-state index contributed by atoms with van der Waals surface area (Å²) in [5.41, 5.74) is 1.49. The lowest BCUT2D eigenvalue weighted by atomic mass is 10.1. The first-order valence-corrected chi connectivity index (χ1v) is 11.5. The number of anilines is 1. The van der Waals surface area contributed by atoms with Crippen LogP contribution in [0.25, 0.3) is 0 Å². The Hall–Kier alpha value is -2.65. The van der Waals surface area contributed by atoms with Crippen LogP contribution in [0.15, 0.2) is 21.9 Å². The van der Waals surface area contributed by atoms with Crippen LogP contribution in [0.2, 0.25) is 0 Å². The van der Waals surface area contributed by atoms with Crippen LogP contribution >= 0.6 is 11.3 Å². The van der Waals surface area contributed by atoms with Gasteiger partial charge in [0.15, 0.2) is 5.76 Å². The van der Waals surface area contributed by atoms with Gasteiger partial charge in [0.1, 0.15) is 10.8 Å². The lowest BCUT2D eigenvalue weighted by Gasteiger charge is -2.33. The van der Waals surface area contributed by atoms with Crippen molar-refractivity contribution in [3.8, 4) is 0 Å². The van der Waals surface area contributed by atoms with Crippen molar-refractivity contribution in [1.29, 1.82) is 0 Å². The van der Waals surface area contributed by atoms with Crippen molar-refractivity contribution in [3.05, 3.63) is 40.2 Å². The van der Waals surface area contributed by atoms with E-state index in [4.69, 9.17) is 9.15 Å². The maximum atomic E-state index is 12.7. The summed E-state index contributed by atoms with van der Waals surface area (Å²) in [7, 11) is 0. The zero-order valence-corrected chi connectivity index (χ0v) is 18.6. The smallest absolute Gasteiger partial charge is 0.341 e. The lowest BCUT2D eigenvalue weighted by molar-refractivity contribution is -0.117. The van der Waals surface area contributed by atoms with E-state index >= 15 is 0 Å². The molecule has 0 aromatic carbocycles. The predicted octanol–water partition coefficient (Wildman–Crippen LogP) is 3.10. The van der Waals surface area contributed by atoms with E-state index in [-0.39, 0.29) is 24.3 Å². The van der Waals surface area contributed by atoms with Gasteiger partial charge in [0.2, 0.25) is 5.91 Å². The molecule has 0 unspecified atom stereocenters. The molecule has 166 valence electrons. The van der Waals surface area contributed by atoms with E-state index in [0.717, 1.165) is 18.4 Å². The van der Waals surface area contributed by atoms with E-state index in [1.807, 2.05) is 17.2 Å². The molecule has 9 heteroatoms. The number of thiophene rings is 1. The molecule has 0 spiro atoms. The molecule has 2 aliphatic rings. The third-order valence-corrected chi connectivity index (χ3v) is 6.46. The highest BCUT2D eigenvalue weighted by molar-refractivity contribution is 7.15. The van der Waals surface area contributed by atoms with Crippen LogP contribution < -0.4 is 5.32 Å². The van der Waals surface area contributed by atoms with Gasteiger partial charge in [-0.05, 0) is 55.7 Å². The molecule has 0 atom stereocenters. The van der Waals surface area contributed by atoms with Crippen LogP contribution in [0.1, 0.15) is 57.9 Å². The van der Waals surface area contributed by atoms with Gasteiger partial charge >= 0.3 is 5.97 Å². The van der Waals surface area contributed by atoms with E-state index in [1.54, 1.807) is 24.0 Å². The molecule has 1 saturated carbocycles. The molecule has 0 bridgehead atoms. The third kappa shape index (κ3) is 4.99. The van der Waals surface area contributed by atoms with E-state index in [1.165, 1.54) is 11.3 Å². The third-order valence-electron chi connectivity index (χ3n) is 5.55. The van der Waals surface area contributed by atoms with Crippen LogP contribution in [-0.2, 0) is 9.53 Å². The number of hydrogen-bond acceptors (Lipinski definition) is 7. The van der Waals surface area contributed by atoms with Crippen molar-refractivity contribution < 1.29 is 23.5 Å². The van der Waals surface area contributed by atoms with Crippen molar-refractivity contribution in [3.63, 3.8) is 0 Å². The second kappa shape index (κ2) is 9.23. The molecule has 1 aliphatic heterocycles. The van der Waals surface area contributed by atoms with Crippen LogP contribution in [0.3, 0.4) is 0 Å². The number of carbonyl (C=O) groups is 3. The molecule has 1 saturated heterocycles. The largest absolute Gasteiger partial charge is 0.462 e. The number of nitrogens with one attached hydrogen (secondary N) is 1. The molecular weight excluding hydrogens is 418 g/mol. The highest BCUT2D eigenvalue weighted by atomic mass is 32.1. The summed E-state index contributed by atoms with van der Waals surface area (Å²) in [6.07, 6.45) is 2.13. The summed E-state index contributed by atoms with van der Waals surface area (Å²) in [4.78, 5) is 41.3. The molecule has 3 heterocycles. The Morgan fingerprint density at radius 3 is 2.55 bits per heavy atom. The second-order valence-electron chi connectivity index (χ2n) is 7.92. The Morgan fingerprint density at radius 1 is 1.19 bits per heavy atom. The van der Waals surface area contributed by atoms with E-state index < -0.39 is 0 Å². The number of piperazine rings is 1. The fraction of sp³-hybridized carbons (Fsp3) is 0.500. The van der Waals surface area contributed by atoms with Crippen LogP contribution in [0.4, 0.5) is 5.00 Å². The average Bonchev–Trinajstić information content (AvgIpc) is 3.37. The number of ether oxygens (including phenoxy) is 1. The van der Waals surface area contributed by atoms with Crippen LogP contribution in [0, 0.1) is 6.92 Å². The van der Waals surface area contributed by atoms with Gasteiger partial charge in [-0.3, -0.25) is 14.5 Å². The molecule has 2 aromatic heterocycles. The van der Waals surface area contributed by atoms with Gasteiger partial charge in [-0.15, -0.1) is 11.3 Å². The van der Waals surface area contributed by atoms with Gasteiger partial charge in [-0.1, -0.05) is 0 Å². The standard InChI is InChI=1S/C22H27N3O5S/c1-3-29-22(28)19-16(15-5-6-15)13-31-20(19)23-18(26)12-24-8-10-25(11-9-24)21(27)17-7-4-14(2)30-17/h4,7,13,15H,3,5-6,8-12H2,1-2H3,(H,23,26). The van der Waals surface area contributed by atoms with Crippen LogP contribution in [0.5, 0.6) is 0 Å². The fourth-order valence-corrected chi connectivity index (χ4v) is 4.80. The van der Waals surface area contributed by atoms with Gasteiger partial charge in [0.05, 0.1) is 18.7 Å². The van der Waals surface area contributed by atoms with Crippen molar-refractivity contribution in [2.75, 3.05) is 44.6 Å². The zero-order valence-electron chi connectivity index (χ0n) is 17.8. The molecule has 8 nitrogen and oxygen atoms in total. The topological polar surface area (TPSA) is 92.1 Å². The number of amides is 2. The first-order chi connectivity index (χ1) is 15.0. The summed E-state index contributed by atoms with van der Waals surface area (Å²) in [5, 5.41) is 5.43. The van der Waals surface area contributed by atoms with Crippen LogP contribution in [-0.4, -0.2) is 66.9 Å². The summed E-state index contributed by atoms with van der Waals surface area (Å²) in [6, 6.07) is 3.47. The molecule has 2 aromatic rings. The Kier molecular flexibility index (Phi) is 6.43. The highest BCUT2D eigenvalue weighted by Gasteiger charge is 2.32. The SMILES string of the molecule is CCOC(=O)c1c(C2CC2)csc1NC(=O)CN1CCN(C(=O)c2ccc(C)o2)CC1. The number of nitrogens with zero attached hydrogens (tertiary/aromatic N) is 2. The van der Waals surface area contributed by atoms with Crippen molar-refractivity contribution >= 4 is 34.1 Å². The Labute approximate surface area is 185 Å². The van der Waals surface area contributed by atoms with E-state index in [9.17, 15) is 14.4 Å². The lowest BCUT2D eigenvalue weighted by Crippen LogP contribution is -2.50. The quantitative estimate of drug-likeness (QED) is 0.659. The number of carbonyl (C=O) groups excluding carboxylic acids is 3. The molecule has 1 aliphatic carbocycles. The van der Waals surface area contributed by atoms with Crippen molar-refractivity contribution in [1.82, 2.24) is 9.80 Å². The number of furan rings is 1. The number of hydrogen-bond donors (Lipinski definition) is 1. The number of aryl methyl sites for hydroxylation is 1. The first kappa shape index (κ1) is 21.6. The molecule has 2 fully saturated rings. The summed E-state index contributed by atoms with van der Waals surface area (Å²) < 4.78 is 10.6. The molecular formula is C22H27N3O5S. The average molecular weight is 446 g/mol. The van der Waals surface area contributed by atoms with E-state index in [2.05, 4.69) is 5.32 Å². The van der Waals surface area contributed by atoms with Gasteiger partial charge in [0.25, 0.3) is 5.91 Å². The summed E-state index contributed by atoms with van der Waals surface area (Å²) >= 11 is 1.38. The second-order valence-corrected chi connectivity index (χ2v) is 8.80. The molecule has 31 heavy (non-hydrogen) atoms. The van der Waals surface area contributed by atoms with E-state index in [0.29, 0.717) is 60.8 Å². The molecule has 2 amide bonds. The maximum Gasteiger partial charge on any atom is 0.341 e. The minimum absolute atomic E-state index is 0.123. The Balaban J connectivity index is 1.32. The maximum absolute atomic E-state index is 12.7. The van der Waals surface area contributed by atoms with Crippen molar-refractivity contribution in [2.24, 2.45) is 0 Å². The monoisotopic (exact) mass is 445 g/mol. The number of esters is 1.